The quantitative estimate of drug-likeness (QED) is 0.838. The highest BCUT2D eigenvalue weighted by atomic mass is 32.2. The van der Waals surface area contributed by atoms with Crippen LogP contribution in [0.3, 0.4) is 0 Å². The lowest BCUT2D eigenvalue weighted by molar-refractivity contribution is -0.131. The number of nitrogens with zero attached hydrogens (tertiary/aromatic N) is 1. The Morgan fingerprint density at radius 1 is 1.00 bits per heavy atom. The Labute approximate surface area is 167 Å². The van der Waals surface area contributed by atoms with Crippen molar-refractivity contribution in [3.8, 4) is 0 Å². The first kappa shape index (κ1) is 19.4. The second kappa shape index (κ2) is 8.21. The summed E-state index contributed by atoms with van der Waals surface area (Å²) in [5, 5.41) is 1.77. The highest BCUT2D eigenvalue weighted by molar-refractivity contribution is 7.90. The number of carbonyl (C=O) groups excluding carboxylic acids is 1. The molecule has 28 heavy (non-hydrogen) atoms. The van der Waals surface area contributed by atoms with Gasteiger partial charge < -0.3 is 4.90 Å². The molecule has 1 aliphatic heterocycles. The van der Waals surface area contributed by atoms with Gasteiger partial charge in [0, 0.05) is 19.1 Å². The summed E-state index contributed by atoms with van der Waals surface area (Å²) < 4.78 is 28.4. The first-order valence-corrected chi connectivity index (χ1v) is 11.8. The Morgan fingerprint density at radius 3 is 2.54 bits per heavy atom. The van der Waals surface area contributed by atoms with Crippen LogP contribution in [0.15, 0.2) is 42.5 Å². The molecule has 150 valence electrons. The molecule has 0 bridgehead atoms. The average Bonchev–Trinajstić information content (AvgIpc) is 3.20. The van der Waals surface area contributed by atoms with Gasteiger partial charge in [-0.3, -0.25) is 4.79 Å². The van der Waals surface area contributed by atoms with E-state index in [1.165, 1.54) is 0 Å². The Hall–Kier alpha value is -1.92. The van der Waals surface area contributed by atoms with Crippen molar-refractivity contribution in [3.63, 3.8) is 0 Å². The van der Waals surface area contributed by atoms with Gasteiger partial charge in [0.1, 0.15) is 0 Å². The maximum absolute atomic E-state index is 12.8. The molecule has 0 radical (unpaired) electrons. The molecule has 0 unspecified atom stereocenters. The van der Waals surface area contributed by atoms with Gasteiger partial charge >= 0.3 is 0 Å². The summed E-state index contributed by atoms with van der Waals surface area (Å²) in [6.45, 7) is 0.941. The third kappa shape index (κ3) is 4.39. The normalized spacial score (nSPS) is 21.3. The topological polar surface area (TPSA) is 66.5 Å². The lowest BCUT2D eigenvalue weighted by atomic mass is 10.0. The van der Waals surface area contributed by atoms with Crippen LogP contribution in [0.25, 0.3) is 10.8 Å². The summed E-state index contributed by atoms with van der Waals surface area (Å²) in [6, 6.07) is 14.2. The molecule has 6 heteroatoms. The molecule has 0 aromatic heterocycles. The van der Waals surface area contributed by atoms with Crippen LogP contribution in [-0.2, 0) is 21.2 Å². The molecule has 5 nitrogen and oxygen atoms in total. The van der Waals surface area contributed by atoms with E-state index in [-0.39, 0.29) is 11.9 Å². The Bertz CT molecular complexity index is 951. The fraction of sp³-hybridized carbons (Fsp3) is 0.500. The van der Waals surface area contributed by atoms with Gasteiger partial charge in [-0.25, -0.2) is 13.1 Å². The predicted octanol–water partition coefficient (Wildman–Crippen LogP) is 3.24. The zero-order chi connectivity index (χ0) is 19.6. The Balaban J connectivity index is 1.41. The van der Waals surface area contributed by atoms with Crippen LogP contribution in [0, 0.1) is 0 Å². The van der Waals surface area contributed by atoms with Crippen LogP contribution in [-0.4, -0.2) is 43.6 Å². The van der Waals surface area contributed by atoms with E-state index in [1.807, 2.05) is 36.4 Å². The molecule has 1 N–H and O–H groups in total. The van der Waals surface area contributed by atoms with E-state index in [9.17, 15) is 13.2 Å². The molecule has 2 fully saturated rings. The van der Waals surface area contributed by atoms with Crippen LogP contribution >= 0.6 is 0 Å². The summed E-state index contributed by atoms with van der Waals surface area (Å²) in [7, 11) is -3.38. The highest BCUT2D eigenvalue weighted by Gasteiger charge is 2.34. The van der Waals surface area contributed by atoms with Crippen molar-refractivity contribution in [3.05, 3.63) is 48.0 Å². The Kier molecular flexibility index (Phi) is 5.69. The summed E-state index contributed by atoms with van der Waals surface area (Å²) in [4.78, 5) is 14.6. The summed E-state index contributed by atoms with van der Waals surface area (Å²) in [5.74, 6) is 0.0102. The molecule has 1 saturated carbocycles. The third-order valence-electron chi connectivity index (χ3n) is 6.03. The van der Waals surface area contributed by atoms with Crippen molar-refractivity contribution in [1.29, 1.82) is 0 Å². The molecule has 4 rings (SSSR count). The molecule has 2 aromatic carbocycles. The van der Waals surface area contributed by atoms with Crippen molar-refractivity contribution >= 4 is 26.7 Å². The van der Waals surface area contributed by atoms with Crippen LogP contribution in [0.1, 0.15) is 44.1 Å². The van der Waals surface area contributed by atoms with E-state index in [2.05, 4.69) is 10.8 Å². The second-order valence-corrected chi connectivity index (χ2v) is 10.1. The SMILES string of the molecule is O=C(Cc1ccc2ccccc2c1)N1CCC[C@H](S(=O)(=O)NC2CCCC2)C1. The van der Waals surface area contributed by atoms with Gasteiger partial charge in [0.15, 0.2) is 0 Å². The number of amides is 1. The predicted molar refractivity (Wildman–Crippen MR) is 112 cm³/mol. The number of sulfonamides is 1. The minimum atomic E-state index is -3.38. The van der Waals surface area contributed by atoms with E-state index < -0.39 is 15.3 Å². The molecule has 1 aliphatic carbocycles. The number of piperidine rings is 1. The summed E-state index contributed by atoms with van der Waals surface area (Å²) in [6.07, 6.45) is 5.71. The lowest BCUT2D eigenvalue weighted by Gasteiger charge is -2.33. The molecule has 0 spiro atoms. The number of hydrogen-bond donors (Lipinski definition) is 1. The van der Waals surface area contributed by atoms with E-state index in [1.54, 1.807) is 4.90 Å². The molecule has 1 atom stereocenters. The summed E-state index contributed by atoms with van der Waals surface area (Å²) >= 11 is 0. The van der Waals surface area contributed by atoms with Gasteiger partial charge in [0.05, 0.1) is 11.7 Å². The molecule has 1 saturated heterocycles. The maximum atomic E-state index is 12.8. The zero-order valence-electron chi connectivity index (χ0n) is 16.1. The number of carbonyl (C=O) groups is 1. The number of likely N-dealkylation sites (tertiary alicyclic amines) is 1. The van der Waals surface area contributed by atoms with Crippen molar-refractivity contribution in [2.75, 3.05) is 13.1 Å². The molecule has 2 aliphatic rings. The standard InChI is InChI=1S/C22H28N2O3S/c25-22(15-17-11-12-18-6-1-2-7-19(18)14-17)24-13-5-10-21(16-24)28(26,27)23-20-8-3-4-9-20/h1-2,6-7,11-12,14,20-21,23H,3-5,8-10,13,15-16H2/t21-/m0/s1. The van der Waals surface area contributed by atoms with Gasteiger partial charge in [-0.2, -0.15) is 0 Å². The maximum Gasteiger partial charge on any atom is 0.227 e. The van der Waals surface area contributed by atoms with Crippen molar-refractivity contribution in [2.24, 2.45) is 0 Å². The first-order chi connectivity index (χ1) is 13.5. The van der Waals surface area contributed by atoms with Crippen LogP contribution in [0.4, 0.5) is 0 Å². The molecule has 1 heterocycles. The van der Waals surface area contributed by atoms with Gasteiger partial charge in [-0.1, -0.05) is 55.3 Å². The van der Waals surface area contributed by atoms with E-state index in [0.717, 1.165) is 48.4 Å². The van der Waals surface area contributed by atoms with Crippen molar-refractivity contribution < 1.29 is 13.2 Å². The highest BCUT2D eigenvalue weighted by Crippen LogP contribution is 2.23. The van der Waals surface area contributed by atoms with Gasteiger partial charge in [-0.05, 0) is 42.0 Å². The number of nitrogens with one attached hydrogen (secondary N) is 1. The fourth-order valence-electron chi connectivity index (χ4n) is 4.43. The second-order valence-electron chi connectivity index (χ2n) is 8.11. The largest absolute Gasteiger partial charge is 0.341 e. The zero-order valence-corrected chi connectivity index (χ0v) is 17.0. The molecular formula is C22H28N2O3S. The van der Waals surface area contributed by atoms with E-state index in [4.69, 9.17) is 0 Å². The molecule has 2 aromatic rings. The third-order valence-corrected chi connectivity index (χ3v) is 7.95. The Morgan fingerprint density at radius 2 is 1.75 bits per heavy atom. The number of rotatable bonds is 5. The van der Waals surface area contributed by atoms with Gasteiger partial charge in [0.2, 0.25) is 15.9 Å². The molecular weight excluding hydrogens is 372 g/mol. The number of fused-ring (bicyclic) bond motifs is 1. The van der Waals surface area contributed by atoms with E-state index in [0.29, 0.717) is 25.9 Å². The monoisotopic (exact) mass is 400 g/mol. The van der Waals surface area contributed by atoms with Crippen molar-refractivity contribution in [2.45, 2.75) is 56.2 Å². The van der Waals surface area contributed by atoms with E-state index >= 15 is 0 Å². The molecule has 1 amide bonds. The minimum Gasteiger partial charge on any atom is -0.341 e. The van der Waals surface area contributed by atoms with Gasteiger partial charge in [0.25, 0.3) is 0 Å². The van der Waals surface area contributed by atoms with Gasteiger partial charge in [-0.15, -0.1) is 0 Å². The number of benzene rings is 2. The lowest BCUT2D eigenvalue weighted by Crippen LogP contribution is -2.50. The fourth-order valence-corrected chi connectivity index (χ4v) is 6.17. The minimum absolute atomic E-state index is 0.0102. The van der Waals surface area contributed by atoms with Crippen LogP contribution in [0.5, 0.6) is 0 Å². The van der Waals surface area contributed by atoms with Crippen LogP contribution < -0.4 is 4.72 Å². The smallest absolute Gasteiger partial charge is 0.227 e. The van der Waals surface area contributed by atoms with Crippen LogP contribution in [0.2, 0.25) is 0 Å². The first-order valence-electron chi connectivity index (χ1n) is 10.3. The number of hydrogen-bond acceptors (Lipinski definition) is 3. The summed E-state index contributed by atoms with van der Waals surface area (Å²) in [5.41, 5.74) is 0.970. The average molecular weight is 401 g/mol. The van der Waals surface area contributed by atoms with Crippen molar-refractivity contribution in [1.82, 2.24) is 9.62 Å².